The van der Waals surface area contributed by atoms with E-state index in [1.54, 1.807) is 0 Å². The Hall–Kier alpha value is -4.20. The Labute approximate surface area is 206 Å². The van der Waals surface area contributed by atoms with Gasteiger partial charge in [0, 0.05) is 19.3 Å². The highest BCUT2D eigenvalue weighted by atomic mass is 16.4. The molecule has 0 aliphatic carbocycles. The van der Waals surface area contributed by atoms with Crippen molar-refractivity contribution < 1.29 is 44.1 Å². The van der Waals surface area contributed by atoms with E-state index >= 15 is 0 Å². The summed E-state index contributed by atoms with van der Waals surface area (Å²) in [5.74, 6) is -5.79. The minimum Gasteiger partial charge on any atom is -0.508 e. The number of benzene rings is 1. The zero-order chi connectivity index (χ0) is 27.4. The highest BCUT2D eigenvalue weighted by Crippen LogP contribution is 2.11. The molecule has 1 aromatic rings. The minimum absolute atomic E-state index is 0.00985. The molecular formula is C22H31N5O9. The Morgan fingerprint density at radius 3 is 1.94 bits per heavy atom. The van der Waals surface area contributed by atoms with Crippen LogP contribution in [0.4, 0.5) is 0 Å². The van der Waals surface area contributed by atoms with Gasteiger partial charge in [-0.25, -0.2) is 4.79 Å². The highest BCUT2D eigenvalue weighted by molar-refractivity contribution is 5.94. The summed E-state index contributed by atoms with van der Waals surface area (Å²) < 4.78 is 0. The first kappa shape index (κ1) is 29.8. The molecule has 0 aliphatic rings. The van der Waals surface area contributed by atoms with Crippen molar-refractivity contribution in [2.75, 3.05) is 0 Å². The number of phenolic OH excluding ortho intramolecular Hbond substituents is 1. The number of primary amides is 1. The second kappa shape index (κ2) is 14.3. The molecule has 0 spiro atoms. The van der Waals surface area contributed by atoms with E-state index in [2.05, 4.69) is 16.0 Å². The molecule has 198 valence electrons. The lowest BCUT2D eigenvalue weighted by Gasteiger charge is -2.23. The first-order valence-corrected chi connectivity index (χ1v) is 11.0. The summed E-state index contributed by atoms with van der Waals surface area (Å²) in [5.41, 5.74) is 11.2. The molecule has 4 amide bonds. The number of carbonyl (C=O) groups excluding carboxylic acids is 4. The largest absolute Gasteiger partial charge is 0.508 e. The lowest BCUT2D eigenvalue weighted by atomic mass is 10.1. The minimum atomic E-state index is -1.37. The van der Waals surface area contributed by atoms with Crippen molar-refractivity contribution in [1.82, 2.24) is 16.0 Å². The van der Waals surface area contributed by atoms with Crippen LogP contribution in [0.15, 0.2) is 24.3 Å². The summed E-state index contributed by atoms with van der Waals surface area (Å²) in [4.78, 5) is 70.9. The molecule has 0 fully saturated rings. The van der Waals surface area contributed by atoms with E-state index in [0.29, 0.717) is 5.56 Å². The van der Waals surface area contributed by atoms with Gasteiger partial charge in [0.1, 0.15) is 23.9 Å². The van der Waals surface area contributed by atoms with Crippen molar-refractivity contribution >= 4 is 35.6 Å². The molecule has 0 saturated heterocycles. The second-order valence-electron chi connectivity index (χ2n) is 8.11. The van der Waals surface area contributed by atoms with Gasteiger partial charge in [0.15, 0.2) is 0 Å². The number of aromatic hydroxyl groups is 1. The molecule has 0 saturated carbocycles. The molecular weight excluding hydrogens is 478 g/mol. The number of carbonyl (C=O) groups is 6. The summed E-state index contributed by atoms with van der Waals surface area (Å²) >= 11 is 0. The van der Waals surface area contributed by atoms with Crippen LogP contribution in [0.3, 0.4) is 0 Å². The topological polar surface area (TPSA) is 251 Å². The van der Waals surface area contributed by atoms with Crippen LogP contribution in [0.5, 0.6) is 5.75 Å². The summed E-state index contributed by atoms with van der Waals surface area (Å²) in [7, 11) is 0. The lowest BCUT2D eigenvalue weighted by molar-refractivity contribution is -0.142. The second-order valence-corrected chi connectivity index (χ2v) is 8.11. The van der Waals surface area contributed by atoms with Crippen LogP contribution in [0.2, 0.25) is 0 Å². The molecule has 4 unspecified atom stereocenters. The average molecular weight is 510 g/mol. The van der Waals surface area contributed by atoms with Crippen LogP contribution in [0.25, 0.3) is 0 Å². The number of carboxylic acid groups (broad SMARTS) is 2. The Morgan fingerprint density at radius 2 is 1.42 bits per heavy atom. The maximum absolute atomic E-state index is 12.7. The Bertz CT molecular complexity index is 967. The van der Waals surface area contributed by atoms with E-state index in [-0.39, 0.29) is 31.4 Å². The molecule has 1 rings (SSSR count). The van der Waals surface area contributed by atoms with Crippen LogP contribution >= 0.6 is 0 Å². The van der Waals surface area contributed by atoms with Gasteiger partial charge in [-0.1, -0.05) is 12.1 Å². The number of rotatable bonds is 15. The third-order valence-electron chi connectivity index (χ3n) is 5.06. The summed E-state index contributed by atoms with van der Waals surface area (Å²) in [5, 5.41) is 34.6. The molecule has 0 bridgehead atoms. The summed E-state index contributed by atoms with van der Waals surface area (Å²) in [6.45, 7) is 1.28. The van der Waals surface area contributed by atoms with Crippen molar-refractivity contribution in [3.63, 3.8) is 0 Å². The van der Waals surface area contributed by atoms with Gasteiger partial charge in [0.25, 0.3) is 0 Å². The third-order valence-corrected chi connectivity index (χ3v) is 5.06. The number of carboxylic acids is 2. The van der Waals surface area contributed by atoms with Crippen molar-refractivity contribution in [3.8, 4) is 5.75 Å². The van der Waals surface area contributed by atoms with Gasteiger partial charge in [-0.05, 0) is 37.5 Å². The van der Waals surface area contributed by atoms with Gasteiger partial charge in [-0.2, -0.15) is 0 Å². The smallest absolute Gasteiger partial charge is 0.326 e. The normalized spacial score (nSPS) is 13.9. The molecule has 1 aromatic carbocycles. The fourth-order valence-corrected chi connectivity index (χ4v) is 2.99. The maximum atomic E-state index is 12.7. The predicted molar refractivity (Wildman–Crippen MR) is 124 cm³/mol. The molecule has 36 heavy (non-hydrogen) atoms. The van der Waals surface area contributed by atoms with Gasteiger partial charge >= 0.3 is 11.9 Å². The third kappa shape index (κ3) is 10.8. The fourth-order valence-electron chi connectivity index (χ4n) is 2.99. The SMILES string of the molecule is CC(NC(=O)C(CCC(=O)O)NC(=O)C(N)CCC(N)=O)C(=O)NC(Cc1ccc(O)cc1)C(=O)O. The van der Waals surface area contributed by atoms with E-state index in [1.165, 1.54) is 31.2 Å². The van der Waals surface area contributed by atoms with Crippen molar-refractivity contribution in [3.05, 3.63) is 29.8 Å². The van der Waals surface area contributed by atoms with Crippen molar-refractivity contribution in [2.45, 2.75) is 63.2 Å². The Morgan fingerprint density at radius 1 is 0.833 bits per heavy atom. The van der Waals surface area contributed by atoms with E-state index in [1.807, 2.05) is 0 Å². The van der Waals surface area contributed by atoms with Crippen LogP contribution in [-0.4, -0.2) is 75.1 Å². The van der Waals surface area contributed by atoms with Crippen LogP contribution in [-0.2, 0) is 35.2 Å². The van der Waals surface area contributed by atoms with Crippen LogP contribution in [0, 0.1) is 0 Å². The molecule has 0 radical (unpaired) electrons. The zero-order valence-corrected chi connectivity index (χ0v) is 19.6. The summed E-state index contributed by atoms with van der Waals surface area (Å²) in [6.07, 6.45) is -1.16. The van der Waals surface area contributed by atoms with E-state index in [9.17, 15) is 39.0 Å². The standard InChI is InChI=1S/C22H31N5O9/c1-11(19(32)27-16(22(35)36)10-12-2-4-13(28)5-3-12)25-21(34)15(7-9-18(30)31)26-20(33)14(23)6-8-17(24)29/h2-5,11,14-16,28H,6-10,23H2,1H3,(H2,24,29)(H,25,34)(H,26,33)(H,27,32)(H,30,31)(H,35,36). The molecule has 0 heterocycles. The number of amides is 4. The van der Waals surface area contributed by atoms with Crippen LogP contribution < -0.4 is 27.4 Å². The number of nitrogens with one attached hydrogen (secondary N) is 3. The molecule has 14 heteroatoms. The van der Waals surface area contributed by atoms with Crippen molar-refractivity contribution in [1.29, 1.82) is 0 Å². The number of aliphatic carboxylic acids is 2. The maximum Gasteiger partial charge on any atom is 0.326 e. The molecule has 14 nitrogen and oxygen atoms in total. The molecule has 10 N–H and O–H groups in total. The van der Waals surface area contributed by atoms with E-state index < -0.39 is 66.2 Å². The highest BCUT2D eigenvalue weighted by Gasteiger charge is 2.29. The number of phenols is 1. The van der Waals surface area contributed by atoms with Gasteiger partial charge in [-0.15, -0.1) is 0 Å². The lowest BCUT2D eigenvalue weighted by Crippen LogP contribution is -2.56. The van der Waals surface area contributed by atoms with E-state index in [0.717, 1.165) is 0 Å². The van der Waals surface area contributed by atoms with Gasteiger partial charge in [0.05, 0.1) is 6.04 Å². The number of nitrogens with two attached hydrogens (primary N) is 2. The average Bonchev–Trinajstić information content (AvgIpc) is 2.80. The Balaban J connectivity index is 2.81. The van der Waals surface area contributed by atoms with Crippen molar-refractivity contribution in [2.24, 2.45) is 11.5 Å². The molecule has 0 aromatic heterocycles. The number of hydrogen-bond donors (Lipinski definition) is 8. The van der Waals surface area contributed by atoms with Gasteiger partial charge < -0.3 is 42.7 Å². The first-order chi connectivity index (χ1) is 16.8. The van der Waals surface area contributed by atoms with Gasteiger partial charge in [-0.3, -0.25) is 24.0 Å². The van der Waals surface area contributed by atoms with E-state index in [4.69, 9.17) is 16.6 Å². The summed E-state index contributed by atoms with van der Waals surface area (Å²) in [6, 6.07) is 0.581. The monoisotopic (exact) mass is 509 g/mol. The molecule has 0 aliphatic heterocycles. The quantitative estimate of drug-likeness (QED) is 0.128. The predicted octanol–water partition coefficient (Wildman–Crippen LogP) is -2.05. The number of hydrogen-bond acceptors (Lipinski definition) is 8. The molecule has 4 atom stereocenters. The van der Waals surface area contributed by atoms with Crippen LogP contribution in [0.1, 0.15) is 38.2 Å². The zero-order valence-electron chi connectivity index (χ0n) is 19.6. The fraction of sp³-hybridized carbons (Fsp3) is 0.455. The first-order valence-electron chi connectivity index (χ1n) is 11.0. The van der Waals surface area contributed by atoms with Gasteiger partial charge in [0.2, 0.25) is 23.6 Å². The Kier molecular flexibility index (Phi) is 11.8.